The Hall–Kier alpha value is -3.95. The number of hydrogen-bond donors (Lipinski definition) is 4. The summed E-state index contributed by atoms with van der Waals surface area (Å²) >= 11 is 0. The molecule has 1 aliphatic heterocycles. The Morgan fingerprint density at radius 2 is 2.00 bits per heavy atom. The van der Waals surface area contributed by atoms with Crippen LogP contribution in [-0.2, 0) is 16.0 Å². The second kappa shape index (κ2) is 8.42. The molecule has 1 aromatic heterocycles. The van der Waals surface area contributed by atoms with Crippen LogP contribution >= 0.6 is 0 Å². The molecule has 1 amide bonds. The first-order valence-corrected chi connectivity index (χ1v) is 9.24. The lowest BCUT2D eigenvalue weighted by molar-refractivity contribution is -0.153. The molecule has 0 spiro atoms. The molecule has 0 bridgehead atoms. The third kappa shape index (κ3) is 4.18. The van der Waals surface area contributed by atoms with E-state index in [4.69, 9.17) is 4.74 Å². The zero-order valence-corrected chi connectivity index (χ0v) is 16.7. The van der Waals surface area contributed by atoms with Crippen LogP contribution in [0.25, 0.3) is 0 Å². The quantitative estimate of drug-likeness (QED) is 0.179. The van der Waals surface area contributed by atoms with Gasteiger partial charge in [0.05, 0.1) is 12.8 Å². The number of Topliss-reactive ketones (excluding diaryl/α,β-unsaturated/α-hetero) is 1. The predicted octanol–water partition coefficient (Wildman–Crippen LogP) is 1.83. The van der Waals surface area contributed by atoms with Gasteiger partial charge in [0.15, 0.2) is 5.75 Å². The van der Waals surface area contributed by atoms with E-state index in [0.29, 0.717) is 17.4 Å². The fourth-order valence-electron chi connectivity index (χ4n) is 3.05. The summed E-state index contributed by atoms with van der Waals surface area (Å²) in [5.74, 6) is -3.23. The van der Waals surface area contributed by atoms with Crippen molar-refractivity contribution in [1.29, 1.82) is 0 Å². The Morgan fingerprint density at radius 1 is 1.32 bits per heavy atom. The number of carboxylic acids is 1. The van der Waals surface area contributed by atoms with Gasteiger partial charge in [-0.2, -0.15) is 0 Å². The number of fused-ring (bicyclic) bond motifs is 1. The zero-order chi connectivity index (χ0) is 22.8. The third-order valence-corrected chi connectivity index (χ3v) is 4.86. The van der Waals surface area contributed by atoms with Gasteiger partial charge in [-0.1, -0.05) is 12.1 Å². The van der Waals surface area contributed by atoms with Crippen molar-refractivity contribution in [3.05, 3.63) is 64.9 Å². The van der Waals surface area contributed by atoms with Crippen LogP contribution in [0.3, 0.4) is 0 Å². The number of aliphatic hydroxyl groups is 1. The van der Waals surface area contributed by atoms with Crippen molar-refractivity contribution in [2.75, 3.05) is 18.9 Å². The van der Waals surface area contributed by atoms with Gasteiger partial charge in [0.2, 0.25) is 11.4 Å². The number of ether oxygens (including phenoxy) is 1. The number of hydrogen-bond acceptors (Lipinski definition) is 7. The summed E-state index contributed by atoms with van der Waals surface area (Å²) in [6.45, 7) is 1.20. The molecular weight excluding hydrogens is 409 g/mol. The Kier molecular flexibility index (Phi) is 5.91. The summed E-state index contributed by atoms with van der Waals surface area (Å²) in [4.78, 5) is 40.6. The van der Waals surface area contributed by atoms with E-state index in [0.717, 1.165) is 0 Å². The second-order valence-corrected chi connectivity index (χ2v) is 7.08. The van der Waals surface area contributed by atoms with Gasteiger partial charge in [0, 0.05) is 25.2 Å². The number of aromatic nitrogens is 1. The minimum atomic E-state index is -1.62. The average molecular weight is 429 g/mol. The van der Waals surface area contributed by atoms with Crippen molar-refractivity contribution >= 4 is 23.3 Å². The summed E-state index contributed by atoms with van der Waals surface area (Å²) in [6.07, 6.45) is 1.93. The van der Waals surface area contributed by atoms with Gasteiger partial charge < -0.3 is 25.6 Å². The number of carbonyl (C=O) groups is 3. The number of nitrogens with one attached hydrogen (secondary N) is 2. The van der Waals surface area contributed by atoms with Gasteiger partial charge in [-0.15, -0.1) is 0 Å². The van der Waals surface area contributed by atoms with Crippen LogP contribution in [0.2, 0.25) is 0 Å². The maximum Gasteiger partial charge on any atom is 0.349 e. The number of halogens is 1. The van der Waals surface area contributed by atoms with Crippen molar-refractivity contribution in [2.45, 2.75) is 18.9 Å². The molecule has 0 saturated heterocycles. The molecule has 31 heavy (non-hydrogen) atoms. The van der Waals surface area contributed by atoms with Crippen LogP contribution in [0.15, 0.2) is 42.3 Å². The molecule has 9 nitrogen and oxygen atoms in total. The van der Waals surface area contributed by atoms with E-state index >= 15 is 0 Å². The SMILES string of the molecule is CNC(=O)C(=CO)C(=O)c1ncc(Cc2ccc(F)cc2)c2c1NC[C@@](C)(C(=O)O)O2. The fraction of sp³-hybridized carbons (Fsp3) is 0.238. The topological polar surface area (TPSA) is 138 Å². The number of rotatable bonds is 6. The molecular formula is C21H20FN3O6. The average Bonchev–Trinajstić information content (AvgIpc) is 2.75. The molecule has 0 fully saturated rings. The van der Waals surface area contributed by atoms with Gasteiger partial charge in [0.25, 0.3) is 5.91 Å². The number of carbonyl (C=O) groups excluding carboxylic acids is 2. The number of nitrogens with zero attached hydrogens (tertiary/aromatic N) is 1. The molecule has 2 heterocycles. The first-order chi connectivity index (χ1) is 14.7. The molecule has 1 aromatic carbocycles. The van der Waals surface area contributed by atoms with Gasteiger partial charge in [-0.3, -0.25) is 9.59 Å². The number of anilines is 1. The molecule has 10 heteroatoms. The molecule has 1 aliphatic rings. The normalized spacial score (nSPS) is 17.7. The number of pyridine rings is 1. The highest BCUT2D eigenvalue weighted by atomic mass is 19.1. The minimum absolute atomic E-state index is 0.0769. The highest BCUT2D eigenvalue weighted by Crippen LogP contribution is 2.39. The molecule has 0 saturated carbocycles. The van der Waals surface area contributed by atoms with Crippen LogP contribution in [0, 0.1) is 5.82 Å². The summed E-state index contributed by atoms with van der Waals surface area (Å²) < 4.78 is 19.0. The van der Waals surface area contributed by atoms with Crippen LogP contribution in [0.4, 0.5) is 10.1 Å². The van der Waals surface area contributed by atoms with Gasteiger partial charge >= 0.3 is 5.97 Å². The number of aliphatic carboxylic acids is 1. The van der Waals surface area contributed by atoms with Crippen molar-refractivity contribution in [2.24, 2.45) is 0 Å². The fourth-order valence-corrected chi connectivity index (χ4v) is 3.05. The Morgan fingerprint density at radius 3 is 2.58 bits per heavy atom. The highest BCUT2D eigenvalue weighted by molar-refractivity contribution is 6.26. The lowest BCUT2D eigenvalue weighted by atomic mass is 9.98. The summed E-state index contributed by atoms with van der Waals surface area (Å²) in [5, 5.41) is 24.0. The lowest BCUT2D eigenvalue weighted by Gasteiger charge is -2.34. The predicted molar refractivity (Wildman–Crippen MR) is 108 cm³/mol. The summed E-state index contributed by atoms with van der Waals surface area (Å²) in [7, 11) is 1.30. The van der Waals surface area contributed by atoms with E-state index in [-0.39, 0.29) is 30.1 Å². The van der Waals surface area contributed by atoms with Gasteiger partial charge in [-0.05, 0) is 24.6 Å². The van der Waals surface area contributed by atoms with E-state index in [1.807, 2.05) is 0 Å². The molecule has 4 N–H and O–H groups in total. The van der Waals surface area contributed by atoms with Crippen molar-refractivity contribution in [3.63, 3.8) is 0 Å². The lowest BCUT2D eigenvalue weighted by Crippen LogP contribution is -2.50. The van der Waals surface area contributed by atoms with Crippen LogP contribution in [-0.4, -0.2) is 52.1 Å². The van der Waals surface area contributed by atoms with Crippen molar-refractivity contribution in [1.82, 2.24) is 10.3 Å². The van der Waals surface area contributed by atoms with Crippen LogP contribution in [0.1, 0.15) is 28.5 Å². The second-order valence-electron chi connectivity index (χ2n) is 7.08. The molecule has 0 radical (unpaired) electrons. The van der Waals surface area contributed by atoms with E-state index in [9.17, 15) is 29.0 Å². The standard InChI is InChI=1S/C21H20FN3O6/c1-21(20(29)30)10-25-16-15(17(27)14(9-26)19(28)23-2)24-8-12(18(16)31-21)7-11-3-5-13(22)6-4-11/h3-6,8-9,25-26H,7,10H2,1-2H3,(H,23,28)(H,29,30)/t21-/m0/s1. The zero-order valence-electron chi connectivity index (χ0n) is 16.7. The molecule has 0 aliphatic carbocycles. The van der Waals surface area contributed by atoms with E-state index in [2.05, 4.69) is 15.6 Å². The maximum atomic E-state index is 13.2. The highest BCUT2D eigenvalue weighted by Gasteiger charge is 2.42. The number of amides is 1. The van der Waals surface area contributed by atoms with E-state index in [1.165, 1.54) is 32.3 Å². The largest absolute Gasteiger partial charge is 0.515 e. The van der Waals surface area contributed by atoms with Gasteiger partial charge in [0.1, 0.15) is 22.8 Å². The van der Waals surface area contributed by atoms with E-state index in [1.54, 1.807) is 12.1 Å². The molecule has 162 valence electrons. The number of ketones is 1. The van der Waals surface area contributed by atoms with Crippen molar-refractivity contribution < 1.29 is 33.7 Å². The number of benzene rings is 1. The first-order valence-electron chi connectivity index (χ1n) is 9.24. The minimum Gasteiger partial charge on any atom is -0.515 e. The molecule has 3 rings (SSSR count). The van der Waals surface area contributed by atoms with Crippen LogP contribution in [0.5, 0.6) is 5.75 Å². The Balaban J connectivity index is 2.10. The monoisotopic (exact) mass is 429 g/mol. The van der Waals surface area contributed by atoms with Gasteiger partial charge in [-0.25, -0.2) is 14.2 Å². The molecule has 1 atom stereocenters. The number of aliphatic hydroxyl groups excluding tert-OH is 1. The maximum absolute atomic E-state index is 13.2. The Labute approximate surface area is 176 Å². The first kappa shape index (κ1) is 21.8. The van der Waals surface area contributed by atoms with E-state index < -0.39 is 34.7 Å². The van der Waals surface area contributed by atoms with Crippen LogP contribution < -0.4 is 15.4 Å². The number of likely N-dealkylation sites (N-methyl/N-ethyl adjacent to an activating group) is 1. The van der Waals surface area contributed by atoms with Crippen molar-refractivity contribution in [3.8, 4) is 5.75 Å². The smallest absolute Gasteiger partial charge is 0.349 e. The molecule has 2 aromatic rings. The third-order valence-electron chi connectivity index (χ3n) is 4.86. The summed E-state index contributed by atoms with van der Waals surface area (Å²) in [5.41, 5.74) is -1.12. The number of carboxylic acid groups (broad SMARTS) is 1. The molecule has 0 unspecified atom stereocenters. The Bertz CT molecular complexity index is 1080. The summed E-state index contributed by atoms with van der Waals surface area (Å²) in [6, 6.07) is 5.70.